The lowest BCUT2D eigenvalue weighted by Gasteiger charge is -2.21. The minimum atomic E-state index is -0.348. The van der Waals surface area contributed by atoms with Crippen molar-refractivity contribution in [2.45, 2.75) is 32.7 Å². The molecule has 0 unspecified atom stereocenters. The molecular weight excluding hydrogens is 339 g/mol. The summed E-state index contributed by atoms with van der Waals surface area (Å²) in [7, 11) is 0. The SMILES string of the molecule is CC(C)(C)NC(=O)Nc1ccc(Cl)c(C(=O)NCCCN)c1.Cl. The van der Waals surface area contributed by atoms with Gasteiger partial charge in [-0.2, -0.15) is 0 Å². The number of anilines is 1. The van der Waals surface area contributed by atoms with Crippen LogP contribution in [0.3, 0.4) is 0 Å². The summed E-state index contributed by atoms with van der Waals surface area (Å²) in [5.41, 5.74) is 5.84. The lowest BCUT2D eigenvalue weighted by atomic mass is 10.1. The molecule has 1 rings (SSSR count). The summed E-state index contributed by atoms with van der Waals surface area (Å²) in [6, 6.07) is 4.42. The van der Waals surface area contributed by atoms with Gasteiger partial charge in [0.2, 0.25) is 0 Å². The maximum Gasteiger partial charge on any atom is 0.319 e. The third-order valence-corrected chi connectivity index (χ3v) is 2.95. The highest BCUT2D eigenvalue weighted by Crippen LogP contribution is 2.20. The van der Waals surface area contributed by atoms with Crippen LogP contribution in [-0.4, -0.2) is 30.6 Å². The number of rotatable bonds is 5. The summed E-state index contributed by atoms with van der Waals surface area (Å²) in [6.07, 6.45) is 0.690. The predicted octanol–water partition coefficient (Wildman–Crippen LogP) is 2.76. The molecule has 0 heterocycles. The van der Waals surface area contributed by atoms with Gasteiger partial charge in [-0.25, -0.2) is 4.79 Å². The van der Waals surface area contributed by atoms with Crippen molar-refractivity contribution in [3.05, 3.63) is 28.8 Å². The number of nitrogens with two attached hydrogens (primary N) is 1. The fourth-order valence-corrected chi connectivity index (χ4v) is 1.88. The van der Waals surface area contributed by atoms with Crippen molar-refractivity contribution >= 4 is 41.6 Å². The van der Waals surface area contributed by atoms with Crippen molar-refractivity contribution in [1.29, 1.82) is 0 Å². The highest BCUT2D eigenvalue weighted by molar-refractivity contribution is 6.34. The number of carbonyl (C=O) groups excluding carboxylic acids is 2. The predicted molar refractivity (Wildman–Crippen MR) is 96.6 cm³/mol. The van der Waals surface area contributed by atoms with E-state index in [-0.39, 0.29) is 29.9 Å². The van der Waals surface area contributed by atoms with Crippen LogP contribution in [0.25, 0.3) is 0 Å². The van der Waals surface area contributed by atoms with Crippen LogP contribution < -0.4 is 21.7 Å². The molecule has 3 amide bonds. The second kappa shape index (κ2) is 9.60. The molecule has 0 aromatic heterocycles. The Bertz CT molecular complexity index is 545. The van der Waals surface area contributed by atoms with Crippen LogP contribution in [-0.2, 0) is 0 Å². The van der Waals surface area contributed by atoms with E-state index in [1.54, 1.807) is 18.2 Å². The molecule has 0 radical (unpaired) electrons. The van der Waals surface area contributed by atoms with Crippen molar-refractivity contribution in [2.24, 2.45) is 5.73 Å². The van der Waals surface area contributed by atoms with Gasteiger partial charge in [0, 0.05) is 17.8 Å². The van der Waals surface area contributed by atoms with E-state index in [4.69, 9.17) is 17.3 Å². The number of nitrogens with one attached hydrogen (secondary N) is 3. The number of amides is 3. The third kappa shape index (κ3) is 8.06. The number of hydrogen-bond donors (Lipinski definition) is 4. The fourth-order valence-electron chi connectivity index (χ4n) is 1.68. The van der Waals surface area contributed by atoms with E-state index in [1.165, 1.54) is 0 Å². The molecule has 0 atom stereocenters. The first kappa shape index (κ1) is 21.5. The Balaban J connectivity index is 0.00000484. The third-order valence-electron chi connectivity index (χ3n) is 2.62. The molecule has 0 saturated heterocycles. The first-order valence-electron chi connectivity index (χ1n) is 7.10. The van der Waals surface area contributed by atoms with Crippen LogP contribution in [0.5, 0.6) is 0 Å². The number of halogens is 2. The van der Waals surface area contributed by atoms with E-state index < -0.39 is 0 Å². The zero-order valence-electron chi connectivity index (χ0n) is 13.5. The van der Waals surface area contributed by atoms with E-state index >= 15 is 0 Å². The van der Waals surface area contributed by atoms with Crippen LogP contribution in [0.4, 0.5) is 10.5 Å². The van der Waals surface area contributed by atoms with Crippen molar-refractivity contribution in [1.82, 2.24) is 10.6 Å². The van der Waals surface area contributed by atoms with E-state index in [0.29, 0.717) is 35.8 Å². The molecule has 0 aliphatic heterocycles. The molecule has 5 N–H and O–H groups in total. The zero-order valence-corrected chi connectivity index (χ0v) is 15.1. The monoisotopic (exact) mass is 362 g/mol. The second-order valence-corrected chi connectivity index (χ2v) is 6.33. The minimum absolute atomic E-state index is 0. The van der Waals surface area contributed by atoms with E-state index in [9.17, 15) is 9.59 Å². The van der Waals surface area contributed by atoms with Crippen LogP contribution >= 0.6 is 24.0 Å². The summed E-state index contributed by atoms with van der Waals surface area (Å²) >= 11 is 6.03. The topological polar surface area (TPSA) is 96.2 Å². The van der Waals surface area contributed by atoms with Gasteiger partial charge < -0.3 is 21.7 Å². The summed E-state index contributed by atoms with van der Waals surface area (Å²) in [6.45, 7) is 6.62. The Hall–Kier alpha value is -1.50. The smallest absolute Gasteiger partial charge is 0.319 e. The van der Waals surface area contributed by atoms with Gasteiger partial charge in [0.05, 0.1) is 10.6 Å². The number of benzene rings is 1. The molecule has 1 aromatic rings. The van der Waals surface area contributed by atoms with Crippen LogP contribution in [0.1, 0.15) is 37.6 Å². The lowest BCUT2D eigenvalue weighted by Crippen LogP contribution is -2.43. The summed E-state index contributed by atoms with van der Waals surface area (Å²) in [5.74, 6) is -0.293. The Morgan fingerprint density at radius 1 is 1.26 bits per heavy atom. The molecule has 0 aliphatic rings. The largest absolute Gasteiger partial charge is 0.352 e. The second-order valence-electron chi connectivity index (χ2n) is 5.92. The fraction of sp³-hybridized carbons (Fsp3) is 0.467. The molecule has 0 fully saturated rings. The first-order chi connectivity index (χ1) is 10.2. The molecule has 0 saturated carbocycles. The average Bonchev–Trinajstić information content (AvgIpc) is 2.39. The minimum Gasteiger partial charge on any atom is -0.352 e. The molecule has 0 bridgehead atoms. The maximum absolute atomic E-state index is 12.0. The Morgan fingerprint density at radius 3 is 2.48 bits per heavy atom. The quantitative estimate of drug-likeness (QED) is 0.606. The van der Waals surface area contributed by atoms with Crippen molar-refractivity contribution in [2.75, 3.05) is 18.4 Å². The van der Waals surface area contributed by atoms with E-state index in [0.717, 1.165) is 0 Å². The summed E-state index contributed by atoms with van der Waals surface area (Å²) in [4.78, 5) is 23.9. The van der Waals surface area contributed by atoms with E-state index in [2.05, 4.69) is 16.0 Å². The number of carbonyl (C=O) groups is 2. The van der Waals surface area contributed by atoms with Crippen molar-refractivity contribution in [3.8, 4) is 0 Å². The highest BCUT2D eigenvalue weighted by Gasteiger charge is 2.15. The van der Waals surface area contributed by atoms with Gasteiger partial charge in [-0.15, -0.1) is 12.4 Å². The van der Waals surface area contributed by atoms with Crippen LogP contribution in [0.2, 0.25) is 5.02 Å². The van der Waals surface area contributed by atoms with Crippen molar-refractivity contribution in [3.63, 3.8) is 0 Å². The summed E-state index contributed by atoms with van der Waals surface area (Å²) < 4.78 is 0. The van der Waals surface area contributed by atoms with Gasteiger partial charge >= 0.3 is 6.03 Å². The Morgan fingerprint density at radius 2 is 1.91 bits per heavy atom. The van der Waals surface area contributed by atoms with Crippen LogP contribution in [0.15, 0.2) is 18.2 Å². The van der Waals surface area contributed by atoms with Gasteiger partial charge in [0.1, 0.15) is 0 Å². The molecule has 6 nitrogen and oxygen atoms in total. The van der Waals surface area contributed by atoms with Gasteiger partial charge in [0.15, 0.2) is 0 Å². The molecule has 8 heteroatoms. The Kier molecular flexibility index (Phi) is 8.97. The molecule has 23 heavy (non-hydrogen) atoms. The van der Waals surface area contributed by atoms with Gasteiger partial charge in [-0.3, -0.25) is 4.79 Å². The number of hydrogen-bond acceptors (Lipinski definition) is 3. The molecule has 130 valence electrons. The van der Waals surface area contributed by atoms with Crippen LogP contribution in [0, 0.1) is 0 Å². The molecule has 0 spiro atoms. The Labute approximate surface area is 147 Å². The maximum atomic E-state index is 12.0. The number of urea groups is 1. The van der Waals surface area contributed by atoms with Gasteiger partial charge in [-0.05, 0) is 51.9 Å². The van der Waals surface area contributed by atoms with Gasteiger partial charge in [0.25, 0.3) is 5.91 Å². The first-order valence-corrected chi connectivity index (χ1v) is 7.48. The highest BCUT2D eigenvalue weighted by atomic mass is 35.5. The summed E-state index contributed by atoms with van der Waals surface area (Å²) in [5, 5.41) is 8.51. The van der Waals surface area contributed by atoms with E-state index in [1.807, 2.05) is 20.8 Å². The van der Waals surface area contributed by atoms with Gasteiger partial charge in [-0.1, -0.05) is 11.6 Å². The molecule has 1 aromatic carbocycles. The lowest BCUT2D eigenvalue weighted by molar-refractivity contribution is 0.0953. The average molecular weight is 363 g/mol. The normalized spacial score (nSPS) is 10.5. The zero-order chi connectivity index (χ0) is 16.8. The standard InChI is InChI=1S/C15H23ClN4O2.ClH/c1-15(2,3)20-14(22)19-10-5-6-12(16)11(9-10)13(21)18-8-4-7-17;/h5-6,9H,4,7-8,17H2,1-3H3,(H,18,21)(H2,19,20,22);1H. The molecule has 0 aliphatic carbocycles. The van der Waals surface area contributed by atoms with Crippen molar-refractivity contribution < 1.29 is 9.59 Å². The molecular formula is C15H24Cl2N4O2.